The van der Waals surface area contributed by atoms with Gasteiger partial charge in [-0.05, 0) is 32.1 Å². The first kappa shape index (κ1) is 12.6. The normalized spacial score (nSPS) is 10.6. The van der Waals surface area contributed by atoms with Crippen LogP contribution in [0.3, 0.4) is 0 Å². The Kier molecular flexibility index (Phi) is 4.92. The standard InChI is InChI=1S/C12H14O3S/c1-3-15-12(14)6-4-5-10-7-8-11(16-10)9(2)13/h4-5,7-8H,3,6H2,1-2H3. The van der Waals surface area contributed by atoms with Crippen LogP contribution in [0.5, 0.6) is 0 Å². The molecule has 16 heavy (non-hydrogen) atoms. The van der Waals surface area contributed by atoms with Gasteiger partial charge in [0.2, 0.25) is 0 Å². The average molecular weight is 238 g/mol. The fourth-order valence-corrected chi connectivity index (χ4v) is 1.96. The molecule has 0 aromatic carbocycles. The van der Waals surface area contributed by atoms with E-state index >= 15 is 0 Å². The molecule has 0 bridgehead atoms. The van der Waals surface area contributed by atoms with Gasteiger partial charge in [-0.1, -0.05) is 6.08 Å². The lowest BCUT2D eigenvalue weighted by Crippen LogP contribution is -2.01. The molecule has 0 atom stereocenters. The van der Waals surface area contributed by atoms with Crippen molar-refractivity contribution in [2.45, 2.75) is 20.3 Å². The molecule has 0 radical (unpaired) electrons. The van der Waals surface area contributed by atoms with Crippen LogP contribution in [0, 0.1) is 0 Å². The van der Waals surface area contributed by atoms with E-state index in [2.05, 4.69) is 0 Å². The molecule has 1 rings (SSSR count). The number of thiophene rings is 1. The van der Waals surface area contributed by atoms with Crippen LogP contribution < -0.4 is 0 Å². The monoisotopic (exact) mass is 238 g/mol. The van der Waals surface area contributed by atoms with Crippen LogP contribution >= 0.6 is 11.3 Å². The number of rotatable bonds is 5. The molecule has 0 unspecified atom stereocenters. The maximum atomic E-state index is 11.0. The van der Waals surface area contributed by atoms with Gasteiger partial charge in [-0.15, -0.1) is 11.3 Å². The summed E-state index contributed by atoms with van der Waals surface area (Å²) >= 11 is 1.42. The molecule has 0 saturated carbocycles. The van der Waals surface area contributed by atoms with E-state index in [1.165, 1.54) is 18.3 Å². The molecule has 1 aromatic heterocycles. The predicted octanol–water partition coefficient (Wildman–Crippen LogP) is 2.92. The molecule has 1 aromatic rings. The smallest absolute Gasteiger partial charge is 0.309 e. The highest BCUT2D eigenvalue weighted by atomic mass is 32.1. The van der Waals surface area contributed by atoms with Crippen molar-refractivity contribution < 1.29 is 14.3 Å². The molecular formula is C12H14O3S. The number of carbonyl (C=O) groups excluding carboxylic acids is 2. The maximum Gasteiger partial charge on any atom is 0.309 e. The van der Waals surface area contributed by atoms with Crippen molar-refractivity contribution in [3.8, 4) is 0 Å². The van der Waals surface area contributed by atoms with Crippen molar-refractivity contribution in [2.24, 2.45) is 0 Å². The van der Waals surface area contributed by atoms with Gasteiger partial charge < -0.3 is 4.74 Å². The van der Waals surface area contributed by atoms with E-state index in [1.54, 1.807) is 19.1 Å². The molecule has 0 fully saturated rings. The Morgan fingerprint density at radius 2 is 2.19 bits per heavy atom. The average Bonchev–Trinajstić information content (AvgIpc) is 2.67. The molecule has 0 aliphatic rings. The number of esters is 1. The summed E-state index contributed by atoms with van der Waals surface area (Å²) in [5, 5.41) is 0. The lowest BCUT2D eigenvalue weighted by Gasteiger charge is -1.95. The van der Waals surface area contributed by atoms with E-state index in [0.29, 0.717) is 6.61 Å². The van der Waals surface area contributed by atoms with E-state index in [-0.39, 0.29) is 18.2 Å². The first-order valence-electron chi connectivity index (χ1n) is 5.06. The van der Waals surface area contributed by atoms with Crippen LogP contribution in [0.25, 0.3) is 6.08 Å². The van der Waals surface area contributed by atoms with E-state index in [4.69, 9.17) is 4.74 Å². The van der Waals surface area contributed by atoms with Crippen LogP contribution in [0.2, 0.25) is 0 Å². The second-order valence-corrected chi connectivity index (χ2v) is 4.29. The van der Waals surface area contributed by atoms with Gasteiger partial charge >= 0.3 is 5.97 Å². The van der Waals surface area contributed by atoms with Crippen molar-refractivity contribution >= 4 is 29.2 Å². The molecule has 0 N–H and O–H groups in total. The third-order valence-electron chi connectivity index (χ3n) is 1.85. The fourth-order valence-electron chi connectivity index (χ4n) is 1.12. The Morgan fingerprint density at radius 3 is 2.75 bits per heavy atom. The summed E-state index contributed by atoms with van der Waals surface area (Å²) < 4.78 is 4.78. The van der Waals surface area contributed by atoms with Crippen molar-refractivity contribution in [2.75, 3.05) is 6.61 Å². The second kappa shape index (κ2) is 6.23. The molecular weight excluding hydrogens is 224 g/mol. The van der Waals surface area contributed by atoms with Gasteiger partial charge in [0.05, 0.1) is 17.9 Å². The lowest BCUT2D eigenvalue weighted by atomic mass is 10.3. The summed E-state index contributed by atoms with van der Waals surface area (Å²) in [5.41, 5.74) is 0. The molecule has 0 spiro atoms. The summed E-state index contributed by atoms with van der Waals surface area (Å²) in [7, 11) is 0. The van der Waals surface area contributed by atoms with E-state index in [9.17, 15) is 9.59 Å². The summed E-state index contributed by atoms with van der Waals surface area (Å²) in [4.78, 5) is 23.8. The Morgan fingerprint density at radius 1 is 1.44 bits per heavy atom. The lowest BCUT2D eigenvalue weighted by molar-refractivity contribution is -0.142. The number of ketones is 1. The predicted molar refractivity (Wildman–Crippen MR) is 64.6 cm³/mol. The zero-order valence-corrected chi connectivity index (χ0v) is 10.2. The van der Waals surface area contributed by atoms with Crippen LogP contribution in [0.4, 0.5) is 0 Å². The summed E-state index contributed by atoms with van der Waals surface area (Å²) in [5.74, 6) is -0.169. The second-order valence-electron chi connectivity index (χ2n) is 3.17. The van der Waals surface area contributed by atoms with Crippen molar-refractivity contribution in [1.82, 2.24) is 0 Å². The Hall–Kier alpha value is -1.42. The van der Waals surface area contributed by atoms with Gasteiger partial charge in [-0.3, -0.25) is 9.59 Å². The minimum atomic E-state index is -0.234. The summed E-state index contributed by atoms with van der Waals surface area (Å²) in [6.07, 6.45) is 3.84. The molecule has 1 heterocycles. The minimum Gasteiger partial charge on any atom is -0.466 e. The van der Waals surface area contributed by atoms with E-state index in [1.807, 2.05) is 12.1 Å². The van der Waals surface area contributed by atoms with E-state index < -0.39 is 0 Å². The first-order valence-corrected chi connectivity index (χ1v) is 5.88. The SMILES string of the molecule is CCOC(=O)CC=Cc1ccc(C(C)=O)s1. The van der Waals surface area contributed by atoms with Crippen molar-refractivity contribution in [3.05, 3.63) is 28.0 Å². The number of hydrogen-bond acceptors (Lipinski definition) is 4. The molecule has 4 heteroatoms. The Bertz CT molecular complexity index is 404. The first-order chi connectivity index (χ1) is 7.63. The van der Waals surface area contributed by atoms with Gasteiger partial charge in [0.1, 0.15) is 0 Å². The zero-order chi connectivity index (χ0) is 12.0. The maximum absolute atomic E-state index is 11.0. The Balaban J connectivity index is 2.50. The highest BCUT2D eigenvalue weighted by molar-refractivity contribution is 7.14. The summed E-state index contributed by atoms with van der Waals surface area (Å²) in [6.45, 7) is 3.72. The van der Waals surface area contributed by atoms with Gasteiger partial charge in [-0.2, -0.15) is 0 Å². The zero-order valence-electron chi connectivity index (χ0n) is 9.36. The summed E-state index contributed by atoms with van der Waals surface area (Å²) in [6, 6.07) is 3.65. The van der Waals surface area contributed by atoms with Gasteiger partial charge in [0, 0.05) is 4.88 Å². The molecule has 0 amide bonds. The largest absolute Gasteiger partial charge is 0.466 e. The highest BCUT2D eigenvalue weighted by Gasteiger charge is 2.02. The van der Waals surface area contributed by atoms with Crippen molar-refractivity contribution in [1.29, 1.82) is 0 Å². The molecule has 3 nitrogen and oxygen atoms in total. The molecule has 0 aliphatic carbocycles. The van der Waals surface area contributed by atoms with Gasteiger partial charge in [0.25, 0.3) is 0 Å². The minimum absolute atomic E-state index is 0.0649. The molecule has 0 saturated heterocycles. The van der Waals surface area contributed by atoms with E-state index in [0.717, 1.165) is 9.75 Å². The third kappa shape index (κ3) is 3.98. The van der Waals surface area contributed by atoms with Crippen LogP contribution in [0.1, 0.15) is 34.8 Å². The van der Waals surface area contributed by atoms with Crippen LogP contribution in [0.15, 0.2) is 18.2 Å². The molecule has 0 aliphatic heterocycles. The third-order valence-corrected chi connectivity index (χ3v) is 3.00. The number of hydrogen-bond donors (Lipinski definition) is 0. The van der Waals surface area contributed by atoms with Gasteiger partial charge in [0.15, 0.2) is 5.78 Å². The van der Waals surface area contributed by atoms with Crippen LogP contribution in [-0.2, 0) is 9.53 Å². The van der Waals surface area contributed by atoms with Gasteiger partial charge in [-0.25, -0.2) is 0 Å². The number of carbonyl (C=O) groups is 2. The Labute approximate surface area is 98.7 Å². The highest BCUT2D eigenvalue weighted by Crippen LogP contribution is 2.18. The van der Waals surface area contributed by atoms with Crippen molar-refractivity contribution in [3.63, 3.8) is 0 Å². The number of Topliss-reactive ketones (excluding diaryl/α,β-unsaturated/α-hetero) is 1. The molecule has 86 valence electrons. The topological polar surface area (TPSA) is 43.4 Å². The fraction of sp³-hybridized carbons (Fsp3) is 0.333. The number of ether oxygens (including phenoxy) is 1. The quantitative estimate of drug-likeness (QED) is 0.585. The van der Waals surface area contributed by atoms with Crippen LogP contribution in [-0.4, -0.2) is 18.4 Å².